The molecule has 0 aromatic heterocycles. The molecule has 158 valence electrons. The summed E-state index contributed by atoms with van der Waals surface area (Å²) in [4.78, 5) is 22.5. The lowest BCUT2D eigenvalue weighted by Gasteiger charge is -2.07. The van der Waals surface area contributed by atoms with Gasteiger partial charge < -0.3 is 19.7 Å². The Morgan fingerprint density at radius 2 is 1.68 bits per heavy atom. The number of carbonyl (C=O) groups excluding carboxylic acids is 1. The van der Waals surface area contributed by atoms with Crippen LogP contribution in [0.2, 0.25) is 0 Å². The van der Waals surface area contributed by atoms with Gasteiger partial charge in [0.2, 0.25) is 5.75 Å². The molecule has 10 heteroatoms. The van der Waals surface area contributed by atoms with E-state index in [1.807, 2.05) is 0 Å². The van der Waals surface area contributed by atoms with Gasteiger partial charge in [-0.3, -0.25) is 14.9 Å². The fourth-order valence-corrected chi connectivity index (χ4v) is 2.54. The molecular weight excluding hydrogens is 406 g/mol. The number of hydrogen-bond acceptors (Lipinski definition) is 8. The van der Waals surface area contributed by atoms with Crippen LogP contribution < -0.4 is 14.9 Å². The highest BCUT2D eigenvalue weighted by atomic mass is 16.6. The first-order valence-electron chi connectivity index (χ1n) is 8.83. The number of rotatable bonds is 7. The minimum atomic E-state index is -0.754. The van der Waals surface area contributed by atoms with E-state index in [9.17, 15) is 25.1 Å². The summed E-state index contributed by atoms with van der Waals surface area (Å²) >= 11 is 0. The zero-order valence-electron chi connectivity index (χ0n) is 16.2. The molecule has 3 aromatic carbocycles. The number of amides is 1. The van der Waals surface area contributed by atoms with Gasteiger partial charge in [0.15, 0.2) is 5.75 Å². The van der Waals surface area contributed by atoms with Crippen molar-refractivity contribution in [3.8, 4) is 28.7 Å². The van der Waals surface area contributed by atoms with E-state index >= 15 is 0 Å². The molecule has 0 atom stereocenters. The number of hydrogen-bond donors (Lipinski definition) is 3. The van der Waals surface area contributed by atoms with E-state index in [2.05, 4.69) is 10.5 Å². The number of aromatic hydroxyl groups is 2. The van der Waals surface area contributed by atoms with Crippen LogP contribution in [0.25, 0.3) is 0 Å². The standard InChI is InChI=1S/C21H17N3O7/c1-30-19-11-13(10-18(20(19)26)24(28)29)12-22-23-21(27)14-2-6-16(7-3-14)31-17-8-4-15(25)5-9-17/h2-12,25-26H,1H3,(H,23,27)/b22-12-. The zero-order valence-corrected chi connectivity index (χ0v) is 16.2. The molecule has 0 aliphatic carbocycles. The van der Waals surface area contributed by atoms with Gasteiger partial charge in [-0.05, 0) is 54.6 Å². The zero-order chi connectivity index (χ0) is 22.4. The molecule has 0 spiro atoms. The van der Waals surface area contributed by atoms with E-state index in [0.29, 0.717) is 17.1 Å². The van der Waals surface area contributed by atoms with E-state index in [4.69, 9.17) is 9.47 Å². The second kappa shape index (κ2) is 9.27. The van der Waals surface area contributed by atoms with E-state index in [1.54, 1.807) is 24.3 Å². The maximum atomic E-state index is 12.2. The molecule has 0 aliphatic rings. The van der Waals surface area contributed by atoms with Crippen LogP contribution in [0.3, 0.4) is 0 Å². The summed E-state index contributed by atoms with van der Waals surface area (Å²) in [6.45, 7) is 0. The van der Waals surface area contributed by atoms with Gasteiger partial charge in [-0.1, -0.05) is 0 Å². The minimum absolute atomic E-state index is 0.0915. The fourth-order valence-electron chi connectivity index (χ4n) is 2.54. The van der Waals surface area contributed by atoms with Gasteiger partial charge in [-0.15, -0.1) is 0 Å². The summed E-state index contributed by atoms with van der Waals surface area (Å²) < 4.78 is 10.5. The van der Waals surface area contributed by atoms with Crippen LogP contribution in [0, 0.1) is 10.1 Å². The molecular formula is C21H17N3O7. The summed E-state index contributed by atoms with van der Waals surface area (Å²) in [5.74, 6) is -0.0466. The molecule has 0 saturated heterocycles. The van der Waals surface area contributed by atoms with Crippen LogP contribution in [0.4, 0.5) is 5.69 Å². The molecule has 0 fully saturated rings. The molecule has 3 N–H and O–H groups in total. The number of hydrazone groups is 1. The second-order valence-corrected chi connectivity index (χ2v) is 6.17. The fraction of sp³-hybridized carbons (Fsp3) is 0.0476. The number of ether oxygens (including phenoxy) is 2. The third-order valence-electron chi connectivity index (χ3n) is 4.06. The summed E-state index contributed by atoms with van der Waals surface area (Å²) in [6, 6.07) is 14.9. The first-order valence-corrected chi connectivity index (χ1v) is 8.83. The number of methoxy groups -OCH3 is 1. The van der Waals surface area contributed by atoms with Crippen molar-refractivity contribution < 1.29 is 29.4 Å². The molecule has 10 nitrogen and oxygen atoms in total. The highest BCUT2D eigenvalue weighted by Crippen LogP contribution is 2.36. The van der Waals surface area contributed by atoms with Crippen LogP contribution >= 0.6 is 0 Å². The van der Waals surface area contributed by atoms with Crippen molar-refractivity contribution in [1.29, 1.82) is 0 Å². The highest BCUT2D eigenvalue weighted by Gasteiger charge is 2.19. The third-order valence-corrected chi connectivity index (χ3v) is 4.06. The number of nitro benzene ring substituents is 1. The van der Waals surface area contributed by atoms with Crippen molar-refractivity contribution in [2.45, 2.75) is 0 Å². The maximum Gasteiger partial charge on any atom is 0.315 e. The van der Waals surface area contributed by atoms with Crippen LogP contribution in [0.1, 0.15) is 15.9 Å². The van der Waals surface area contributed by atoms with Crippen LogP contribution in [0.15, 0.2) is 65.8 Å². The number of nitrogens with zero attached hydrogens (tertiary/aromatic N) is 2. The number of nitrogens with one attached hydrogen (secondary N) is 1. The van der Waals surface area contributed by atoms with Crippen molar-refractivity contribution in [1.82, 2.24) is 5.43 Å². The van der Waals surface area contributed by atoms with Crippen molar-refractivity contribution >= 4 is 17.8 Å². The number of benzene rings is 3. The lowest BCUT2D eigenvalue weighted by Crippen LogP contribution is -2.17. The van der Waals surface area contributed by atoms with E-state index in [0.717, 1.165) is 6.07 Å². The third kappa shape index (κ3) is 5.26. The molecule has 0 radical (unpaired) electrons. The quantitative estimate of drug-likeness (QED) is 0.299. The molecule has 0 aliphatic heterocycles. The van der Waals surface area contributed by atoms with Gasteiger partial charge in [0.1, 0.15) is 17.2 Å². The SMILES string of the molecule is COc1cc(/C=N\NC(=O)c2ccc(Oc3ccc(O)cc3)cc2)cc([N+](=O)[O-])c1O. The first kappa shape index (κ1) is 21.1. The van der Waals surface area contributed by atoms with Crippen LogP contribution in [0.5, 0.6) is 28.7 Å². The summed E-state index contributed by atoms with van der Waals surface area (Å²) in [6.07, 6.45) is 1.19. The Labute approximate surface area is 176 Å². The van der Waals surface area contributed by atoms with Crippen molar-refractivity contribution in [2.75, 3.05) is 7.11 Å². The Kier molecular flexibility index (Phi) is 6.31. The predicted octanol–water partition coefficient (Wildman–Crippen LogP) is 3.57. The van der Waals surface area contributed by atoms with Crippen molar-refractivity contribution in [3.63, 3.8) is 0 Å². The number of phenolic OH excluding ortho intramolecular Hbond substituents is 2. The monoisotopic (exact) mass is 423 g/mol. The van der Waals surface area contributed by atoms with Gasteiger partial charge >= 0.3 is 5.69 Å². The molecule has 0 saturated carbocycles. The summed E-state index contributed by atoms with van der Waals surface area (Å²) in [7, 11) is 1.26. The van der Waals surface area contributed by atoms with Crippen LogP contribution in [-0.2, 0) is 0 Å². The van der Waals surface area contributed by atoms with Crippen molar-refractivity contribution in [3.05, 3.63) is 81.9 Å². The lowest BCUT2D eigenvalue weighted by molar-refractivity contribution is -0.386. The summed E-state index contributed by atoms with van der Waals surface area (Å²) in [5.41, 5.74) is 2.33. The predicted molar refractivity (Wildman–Crippen MR) is 111 cm³/mol. The van der Waals surface area contributed by atoms with Gasteiger partial charge in [-0.25, -0.2) is 5.43 Å². The summed E-state index contributed by atoms with van der Waals surface area (Å²) in [5, 5.41) is 33.9. The van der Waals surface area contributed by atoms with Gasteiger partial charge in [0.05, 0.1) is 18.2 Å². The maximum absolute atomic E-state index is 12.2. The first-order chi connectivity index (χ1) is 14.9. The normalized spacial score (nSPS) is 10.6. The average Bonchev–Trinajstić information content (AvgIpc) is 2.76. The smallest absolute Gasteiger partial charge is 0.315 e. The highest BCUT2D eigenvalue weighted by molar-refractivity contribution is 5.95. The molecule has 1 amide bonds. The Hall–Kier alpha value is -4.60. The molecule has 3 rings (SSSR count). The van der Waals surface area contributed by atoms with Gasteiger partial charge in [-0.2, -0.15) is 5.10 Å². The average molecular weight is 423 g/mol. The Balaban J connectivity index is 1.65. The van der Waals surface area contributed by atoms with E-state index in [-0.39, 0.29) is 17.1 Å². The molecule has 0 unspecified atom stereocenters. The molecule has 31 heavy (non-hydrogen) atoms. The number of phenols is 2. The van der Waals surface area contributed by atoms with E-state index < -0.39 is 22.3 Å². The largest absolute Gasteiger partial charge is 0.508 e. The molecule has 3 aromatic rings. The minimum Gasteiger partial charge on any atom is -0.508 e. The molecule has 0 bridgehead atoms. The van der Waals surface area contributed by atoms with Gasteiger partial charge in [0, 0.05) is 17.2 Å². The van der Waals surface area contributed by atoms with Gasteiger partial charge in [0.25, 0.3) is 5.91 Å². The topological polar surface area (TPSA) is 144 Å². The molecule has 0 heterocycles. The Morgan fingerprint density at radius 3 is 2.26 bits per heavy atom. The number of carbonyl (C=O) groups is 1. The Morgan fingerprint density at radius 1 is 1.06 bits per heavy atom. The van der Waals surface area contributed by atoms with E-state index in [1.165, 1.54) is 43.7 Å². The number of nitro groups is 1. The Bertz CT molecular complexity index is 1130. The lowest BCUT2D eigenvalue weighted by atomic mass is 10.2. The van der Waals surface area contributed by atoms with Crippen molar-refractivity contribution in [2.24, 2.45) is 5.10 Å². The second-order valence-electron chi connectivity index (χ2n) is 6.17. The van der Waals surface area contributed by atoms with Crippen LogP contribution in [-0.4, -0.2) is 34.4 Å².